The quantitative estimate of drug-likeness (QED) is 0.603. The molecule has 7 heteroatoms. The second kappa shape index (κ2) is 4.10. The maximum atomic E-state index is 11.6. The van der Waals surface area contributed by atoms with Crippen LogP contribution in [0.4, 0.5) is 5.82 Å². The molecule has 1 aliphatic heterocycles. The van der Waals surface area contributed by atoms with E-state index >= 15 is 0 Å². The van der Waals surface area contributed by atoms with Crippen molar-refractivity contribution >= 4 is 5.82 Å². The van der Waals surface area contributed by atoms with Crippen molar-refractivity contribution in [2.45, 2.75) is 31.3 Å². The fourth-order valence-electron chi connectivity index (χ4n) is 1.84. The summed E-state index contributed by atoms with van der Waals surface area (Å²) < 4.78 is 6.75. The molecule has 1 aliphatic rings. The van der Waals surface area contributed by atoms with E-state index in [4.69, 9.17) is 15.6 Å². The molecule has 7 nitrogen and oxygen atoms in total. The van der Waals surface area contributed by atoms with Gasteiger partial charge < -0.3 is 20.7 Å². The third kappa shape index (κ3) is 2.04. The summed E-state index contributed by atoms with van der Waals surface area (Å²) in [5.41, 5.74) is 3.79. The molecule has 0 bridgehead atoms. The van der Waals surface area contributed by atoms with E-state index in [0.29, 0.717) is 0 Å². The number of aliphatic hydroxyl groups excluding tert-OH is 2. The maximum Gasteiger partial charge on any atom is 0.351 e. The molecular formula is C10H15N3O4. The van der Waals surface area contributed by atoms with Gasteiger partial charge in [0.25, 0.3) is 0 Å². The van der Waals surface area contributed by atoms with E-state index in [1.54, 1.807) is 6.92 Å². The van der Waals surface area contributed by atoms with Crippen LogP contribution in [0.2, 0.25) is 0 Å². The molecule has 0 radical (unpaired) electrons. The Morgan fingerprint density at radius 1 is 1.76 bits per heavy atom. The van der Waals surface area contributed by atoms with Gasteiger partial charge in [-0.25, -0.2) is 4.79 Å². The summed E-state index contributed by atoms with van der Waals surface area (Å²) in [6.45, 7) is 1.27. The third-order valence-corrected chi connectivity index (χ3v) is 3.01. The van der Waals surface area contributed by atoms with Crippen LogP contribution in [0.1, 0.15) is 19.6 Å². The smallest absolute Gasteiger partial charge is 0.351 e. The molecule has 1 fully saturated rings. The van der Waals surface area contributed by atoms with Gasteiger partial charge in [-0.05, 0) is 13.0 Å². The van der Waals surface area contributed by atoms with Gasteiger partial charge in [0.05, 0.1) is 12.7 Å². The number of hydrogen-bond donors (Lipinski definition) is 3. The minimum atomic E-state index is -1.05. The lowest BCUT2D eigenvalue weighted by Gasteiger charge is -2.24. The Hall–Kier alpha value is -1.44. The highest BCUT2D eigenvalue weighted by Gasteiger charge is 2.44. The van der Waals surface area contributed by atoms with Crippen LogP contribution in [-0.2, 0) is 4.74 Å². The van der Waals surface area contributed by atoms with Gasteiger partial charge in [0.15, 0.2) is 0 Å². The minimum absolute atomic E-state index is 0.134. The molecular weight excluding hydrogens is 226 g/mol. The molecule has 2 heterocycles. The summed E-state index contributed by atoms with van der Waals surface area (Å²) in [5, 5.41) is 18.9. The highest BCUT2D eigenvalue weighted by molar-refractivity contribution is 5.23. The lowest BCUT2D eigenvalue weighted by molar-refractivity contribution is -0.116. The van der Waals surface area contributed by atoms with E-state index in [2.05, 4.69) is 4.98 Å². The summed E-state index contributed by atoms with van der Waals surface area (Å²) in [7, 11) is 0. The van der Waals surface area contributed by atoms with Crippen LogP contribution in [-0.4, -0.2) is 38.1 Å². The lowest BCUT2D eigenvalue weighted by Crippen LogP contribution is -2.39. The predicted molar refractivity (Wildman–Crippen MR) is 59.1 cm³/mol. The number of nitrogens with zero attached hydrogens (tertiary/aromatic N) is 2. The van der Waals surface area contributed by atoms with Crippen LogP contribution in [0.15, 0.2) is 17.1 Å². The first-order valence-electron chi connectivity index (χ1n) is 5.28. The van der Waals surface area contributed by atoms with Crippen LogP contribution in [0.5, 0.6) is 0 Å². The van der Waals surface area contributed by atoms with Gasteiger partial charge in [-0.1, -0.05) is 0 Å². The van der Waals surface area contributed by atoms with Crippen molar-refractivity contribution in [3.63, 3.8) is 0 Å². The monoisotopic (exact) mass is 241 g/mol. The number of hydrogen-bond acceptors (Lipinski definition) is 6. The average Bonchev–Trinajstić information content (AvgIpc) is 2.56. The highest BCUT2D eigenvalue weighted by atomic mass is 16.6. The van der Waals surface area contributed by atoms with Gasteiger partial charge in [-0.15, -0.1) is 0 Å². The van der Waals surface area contributed by atoms with Crippen LogP contribution >= 0.6 is 0 Å². The number of nitrogen functional groups attached to an aromatic ring is 1. The third-order valence-electron chi connectivity index (χ3n) is 3.01. The van der Waals surface area contributed by atoms with E-state index in [0.717, 1.165) is 0 Å². The fourth-order valence-corrected chi connectivity index (χ4v) is 1.84. The van der Waals surface area contributed by atoms with Crippen LogP contribution in [0.25, 0.3) is 0 Å². The summed E-state index contributed by atoms with van der Waals surface area (Å²) >= 11 is 0. The number of nitrogens with two attached hydrogens (primary N) is 1. The van der Waals surface area contributed by atoms with Crippen molar-refractivity contribution in [1.29, 1.82) is 0 Å². The average molecular weight is 241 g/mol. The zero-order valence-electron chi connectivity index (χ0n) is 9.41. The minimum Gasteiger partial charge on any atom is -0.393 e. The molecule has 1 aromatic rings. The predicted octanol–water partition coefficient (Wildman–Crippen LogP) is -1.14. The Labute approximate surface area is 97.5 Å². The molecule has 4 N–H and O–H groups in total. The normalized spacial score (nSPS) is 32.9. The van der Waals surface area contributed by atoms with Crippen LogP contribution < -0.4 is 11.4 Å². The summed E-state index contributed by atoms with van der Waals surface area (Å²) in [4.78, 5) is 15.2. The summed E-state index contributed by atoms with van der Waals surface area (Å²) in [6, 6.07) is 1.48. The Morgan fingerprint density at radius 2 is 2.47 bits per heavy atom. The molecule has 0 aliphatic carbocycles. The Morgan fingerprint density at radius 3 is 3.00 bits per heavy atom. The number of rotatable bonds is 2. The molecule has 2 rings (SSSR count). The van der Waals surface area contributed by atoms with E-state index in [1.165, 1.54) is 16.8 Å². The molecule has 1 aromatic heterocycles. The van der Waals surface area contributed by atoms with Gasteiger partial charge in [0, 0.05) is 12.6 Å². The molecule has 0 unspecified atom stereocenters. The van der Waals surface area contributed by atoms with Gasteiger partial charge in [-0.2, -0.15) is 4.98 Å². The van der Waals surface area contributed by atoms with Crippen molar-refractivity contribution in [2.75, 3.05) is 12.3 Å². The van der Waals surface area contributed by atoms with Crippen molar-refractivity contribution < 1.29 is 14.9 Å². The van der Waals surface area contributed by atoms with E-state index in [9.17, 15) is 9.90 Å². The molecule has 0 saturated carbocycles. The number of anilines is 1. The molecule has 17 heavy (non-hydrogen) atoms. The zero-order chi connectivity index (χ0) is 12.6. The van der Waals surface area contributed by atoms with E-state index < -0.39 is 23.6 Å². The standard InChI is InChI=1S/C10H15N3O4/c1-10(5-14)6(15)4-8(17-10)13-3-2-7(11)12-9(13)16/h2-3,6,8,14-15H,4-5H2,1H3,(H2,11,12,16)/t6-,8+,10+/m0/s1. The van der Waals surface area contributed by atoms with Crippen molar-refractivity contribution in [2.24, 2.45) is 0 Å². The first-order chi connectivity index (χ1) is 7.96. The first-order valence-corrected chi connectivity index (χ1v) is 5.28. The fraction of sp³-hybridized carbons (Fsp3) is 0.600. The number of ether oxygens (including phenoxy) is 1. The van der Waals surface area contributed by atoms with Crippen LogP contribution in [0.3, 0.4) is 0 Å². The molecule has 0 aromatic carbocycles. The van der Waals surface area contributed by atoms with Crippen molar-refractivity contribution in [3.05, 3.63) is 22.7 Å². The number of aromatic nitrogens is 2. The van der Waals surface area contributed by atoms with Gasteiger partial charge in [-0.3, -0.25) is 4.57 Å². The molecule has 94 valence electrons. The Kier molecular flexibility index (Phi) is 2.90. The maximum absolute atomic E-state index is 11.6. The lowest BCUT2D eigenvalue weighted by atomic mass is 10.0. The second-order valence-electron chi connectivity index (χ2n) is 4.34. The van der Waals surface area contributed by atoms with E-state index in [-0.39, 0.29) is 18.8 Å². The molecule has 0 amide bonds. The SMILES string of the molecule is C[C@]1(CO)O[C@@H](n2ccc(N)nc2=O)C[C@@H]1O. The van der Waals surface area contributed by atoms with E-state index in [1.807, 2.05) is 0 Å². The van der Waals surface area contributed by atoms with Gasteiger partial charge in [0.2, 0.25) is 0 Å². The van der Waals surface area contributed by atoms with Crippen LogP contribution in [0, 0.1) is 0 Å². The second-order valence-corrected chi connectivity index (χ2v) is 4.34. The number of aliphatic hydroxyl groups is 2. The Bertz CT molecular complexity index is 475. The molecule has 1 saturated heterocycles. The molecule has 0 spiro atoms. The highest BCUT2D eigenvalue weighted by Crippen LogP contribution is 2.35. The van der Waals surface area contributed by atoms with Crippen molar-refractivity contribution in [1.82, 2.24) is 9.55 Å². The van der Waals surface area contributed by atoms with Crippen molar-refractivity contribution in [3.8, 4) is 0 Å². The molecule has 3 atom stereocenters. The summed E-state index contributed by atoms with van der Waals surface area (Å²) in [5.74, 6) is 0.134. The zero-order valence-corrected chi connectivity index (χ0v) is 9.41. The Balaban J connectivity index is 2.29. The topological polar surface area (TPSA) is 111 Å². The summed E-state index contributed by atoms with van der Waals surface area (Å²) in [6.07, 6.45) is 0.220. The first kappa shape index (κ1) is 12.0. The van der Waals surface area contributed by atoms with Gasteiger partial charge >= 0.3 is 5.69 Å². The van der Waals surface area contributed by atoms with Gasteiger partial charge in [0.1, 0.15) is 17.6 Å². The largest absolute Gasteiger partial charge is 0.393 e.